The van der Waals surface area contributed by atoms with Crippen molar-refractivity contribution in [2.75, 3.05) is 0 Å². The fraction of sp³-hybridized carbons (Fsp3) is 0.0800. The normalized spacial score (nSPS) is 17.0. The van der Waals surface area contributed by atoms with E-state index < -0.39 is 11.9 Å². The second-order valence-corrected chi connectivity index (χ2v) is 8.12. The van der Waals surface area contributed by atoms with Crippen LogP contribution in [0.1, 0.15) is 24.0 Å². The van der Waals surface area contributed by atoms with E-state index in [9.17, 15) is 14.7 Å². The second-order valence-electron chi connectivity index (χ2n) is 7.09. The van der Waals surface area contributed by atoms with Crippen molar-refractivity contribution >= 4 is 40.6 Å². The monoisotopic (exact) mass is 428 g/mol. The van der Waals surface area contributed by atoms with E-state index in [1.54, 1.807) is 31.2 Å². The SMILES string of the molecule is CC(C(=O)O)c1ccccc1N=C1NC(=O)C(=Cc2ccc(-c3ccccc3)cc2)S1. The minimum absolute atomic E-state index is 0.223. The number of carbonyl (C=O) groups excluding carboxylic acids is 1. The molecule has 0 bridgehead atoms. The number of carboxylic acid groups (broad SMARTS) is 1. The van der Waals surface area contributed by atoms with E-state index in [1.807, 2.05) is 48.5 Å². The topological polar surface area (TPSA) is 78.8 Å². The van der Waals surface area contributed by atoms with Gasteiger partial charge in [-0.2, -0.15) is 0 Å². The average molecular weight is 429 g/mol. The second kappa shape index (κ2) is 9.02. The summed E-state index contributed by atoms with van der Waals surface area (Å²) < 4.78 is 0. The first-order valence-electron chi connectivity index (χ1n) is 9.78. The van der Waals surface area contributed by atoms with Gasteiger partial charge in [0.2, 0.25) is 0 Å². The minimum atomic E-state index is -0.921. The molecule has 1 fully saturated rings. The summed E-state index contributed by atoms with van der Waals surface area (Å²) >= 11 is 1.24. The zero-order valence-electron chi connectivity index (χ0n) is 16.8. The van der Waals surface area contributed by atoms with Crippen molar-refractivity contribution < 1.29 is 14.7 Å². The number of nitrogens with one attached hydrogen (secondary N) is 1. The summed E-state index contributed by atoms with van der Waals surface area (Å²) in [7, 11) is 0. The van der Waals surface area contributed by atoms with E-state index in [0.717, 1.165) is 16.7 Å². The number of amides is 1. The first-order valence-corrected chi connectivity index (χ1v) is 10.6. The maximum atomic E-state index is 12.4. The first-order chi connectivity index (χ1) is 15.0. The molecule has 1 unspecified atom stereocenters. The largest absolute Gasteiger partial charge is 0.481 e. The highest BCUT2D eigenvalue weighted by Gasteiger charge is 2.25. The van der Waals surface area contributed by atoms with Crippen LogP contribution >= 0.6 is 11.8 Å². The molecule has 0 aromatic heterocycles. The van der Waals surface area contributed by atoms with Gasteiger partial charge < -0.3 is 10.4 Å². The molecular weight excluding hydrogens is 408 g/mol. The Morgan fingerprint density at radius 2 is 1.61 bits per heavy atom. The molecule has 0 spiro atoms. The molecule has 1 heterocycles. The van der Waals surface area contributed by atoms with E-state index in [-0.39, 0.29) is 5.91 Å². The van der Waals surface area contributed by atoms with Crippen molar-refractivity contribution in [3.05, 3.63) is 94.9 Å². The molecule has 3 aromatic carbocycles. The van der Waals surface area contributed by atoms with Crippen molar-refractivity contribution in [1.82, 2.24) is 5.32 Å². The van der Waals surface area contributed by atoms with Crippen molar-refractivity contribution in [1.29, 1.82) is 0 Å². The summed E-state index contributed by atoms with van der Waals surface area (Å²) in [4.78, 5) is 28.8. The van der Waals surface area contributed by atoms with Crippen LogP contribution in [0.4, 0.5) is 5.69 Å². The third-order valence-electron chi connectivity index (χ3n) is 4.96. The molecule has 0 saturated carbocycles. The molecule has 4 rings (SSSR count). The molecule has 3 aromatic rings. The van der Waals surface area contributed by atoms with Gasteiger partial charge in [-0.05, 0) is 53.1 Å². The summed E-state index contributed by atoms with van der Waals surface area (Å²) in [6.07, 6.45) is 1.82. The zero-order valence-corrected chi connectivity index (χ0v) is 17.6. The van der Waals surface area contributed by atoms with Crippen LogP contribution in [0.15, 0.2) is 88.8 Å². The van der Waals surface area contributed by atoms with Gasteiger partial charge >= 0.3 is 5.97 Å². The third-order valence-corrected chi connectivity index (χ3v) is 5.87. The van der Waals surface area contributed by atoms with Gasteiger partial charge in [0.05, 0.1) is 16.5 Å². The van der Waals surface area contributed by atoms with Crippen LogP contribution in [-0.4, -0.2) is 22.2 Å². The number of aliphatic carboxylic acids is 1. The van der Waals surface area contributed by atoms with Gasteiger partial charge in [0, 0.05) is 0 Å². The molecule has 1 aliphatic heterocycles. The number of thioether (sulfide) groups is 1. The third kappa shape index (κ3) is 4.75. The van der Waals surface area contributed by atoms with Gasteiger partial charge in [0.25, 0.3) is 5.91 Å². The number of rotatable bonds is 5. The Bertz CT molecular complexity index is 1180. The van der Waals surface area contributed by atoms with Gasteiger partial charge in [-0.1, -0.05) is 72.8 Å². The number of aliphatic imine (C=N–C) groups is 1. The molecule has 1 atom stereocenters. The Balaban J connectivity index is 1.55. The number of hydrogen-bond acceptors (Lipinski definition) is 4. The maximum absolute atomic E-state index is 12.4. The quantitative estimate of drug-likeness (QED) is 0.531. The number of para-hydroxylation sites is 1. The summed E-state index contributed by atoms with van der Waals surface area (Å²) in [5.41, 5.74) is 4.30. The lowest BCUT2D eigenvalue weighted by molar-refractivity contribution is -0.138. The number of hydrogen-bond donors (Lipinski definition) is 2. The molecule has 1 aliphatic rings. The molecule has 0 aliphatic carbocycles. The van der Waals surface area contributed by atoms with Gasteiger partial charge in [-0.25, -0.2) is 4.99 Å². The first kappa shape index (κ1) is 20.6. The van der Waals surface area contributed by atoms with Gasteiger partial charge in [-0.3, -0.25) is 9.59 Å². The van der Waals surface area contributed by atoms with E-state index in [2.05, 4.69) is 22.4 Å². The number of amidine groups is 1. The Kier molecular flexibility index (Phi) is 6.00. The van der Waals surface area contributed by atoms with Crippen LogP contribution in [0.5, 0.6) is 0 Å². The van der Waals surface area contributed by atoms with E-state index in [1.165, 1.54) is 11.8 Å². The molecule has 154 valence electrons. The molecule has 5 nitrogen and oxygen atoms in total. The molecule has 1 saturated heterocycles. The van der Waals surface area contributed by atoms with Crippen LogP contribution < -0.4 is 5.32 Å². The number of carboxylic acids is 1. The van der Waals surface area contributed by atoms with Crippen LogP contribution in [0.3, 0.4) is 0 Å². The highest BCUT2D eigenvalue weighted by molar-refractivity contribution is 8.18. The van der Waals surface area contributed by atoms with E-state index in [4.69, 9.17) is 0 Å². The average Bonchev–Trinajstić information content (AvgIpc) is 3.13. The Morgan fingerprint density at radius 1 is 0.968 bits per heavy atom. The van der Waals surface area contributed by atoms with E-state index in [0.29, 0.717) is 21.3 Å². The molecule has 1 amide bonds. The number of carbonyl (C=O) groups is 2. The standard InChI is InChI=1S/C25H20N2O3S/c1-16(24(29)30)20-9-5-6-10-21(20)26-25-27-23(28)22(31-25)15-17-11-13-19(14-12-17)18-7-3-2-4-8-18/h2-16H,1H3,(H,29,30)(H,26,27,28). The summed E-state index contributed by atoms with van der Waals surface area (Å²) in [6, 6.07) is 25.2. The highest BCUT2D eigenvalue weighted by atomic mass is 32.2. The Morgan fingerprint density at radius 3 is 2.32 bits per heavy atom. The maximum Gasteiger partial charge on any atom is 0.310 e. The predicted octanol–water partition coefficient (Wildman–Crippen LogP) is 5.43. The highest BCUT2D eigenvalue weighted by Crippen LogP contribution is 2.32. The van der Waals surface area contributed by atoms with Crippen LogP contribution in [0.25, 0.3) is 17.2 Å². The van der Waals surface area contributed by atoms with Crippen LogP contribution in [0, 0.1) is 0 Å². The molecular formula is C25H20N2O3S. The number of nitrogens with zero attached hydrogens (tertiary/aromatic N) is 1. The molecule has 2 N–H and O–H groups in total. The van der Waals surface area contributed by atoms with Crippen molar-refractivity contribution in [3.63, 3.8) is 0 Å². The van der Waals surface area contributed by atoms with Crippen LogP contribution in [-0.2, 0) is 9.59 Å². The Labute approximate surface area is 184 Å². The van der Waals surface area contributed by atoms with E-state index >= 15 is 0 Å². The summed E-state index contributed by atoms with van der Waals surface area (Å²) in [5.74, 6) is -1.84. The fourth-order valence-corrected chi connectivity index (χ4v) is 4.07. The fourth-order valence-electron chi connectivity index (χ4n) is 3.23. The molecule has 0 radical (unpaired) electrons. The van der Waals surface area contributed by atoms with Crippen molar-refractivity contribution in [2.45, 2.75) is 12.8 Å². The number of benzene rings is 3. The van der Waals surface area contributed by atoms with Crippen LogP contribution in [0.2, 0.25) is 0 Å². The molecule has 6 heteroatoms. The Hall–Kier alpha value is -3.64. The lowest BCUT2D eigenvalue weighted by Crippen LogP contribution is -2.19. The summed E-state index contributed by atoms with van der Waals surface area (Å²) in [5, 5.41) is 12.5. The smallest absolute Gasteiger partial charge is 0.310 e. The summed E-state index contributed by atoms with van der Waals surface area (Å²) in [6.45, 7) is 1.62. The lowest BCUT2D eigenvalue weighted by Gasteiger charge is -2.09. The molecule has 31 heavy (non-hydrogen) atoms. The van der Waals surface area contributed by atoms with Crippen molar-refractivity contribution in [2.24, 2.45) is 4.99 Å². The predicted molar refractivity (Wildman–Crippen MR) is 125 cm³/mol. The minimum Gasteiger partial charge on any atom is -0.481 e. The zero-order chi connectivity index (χ0) is 21.8. The van der Waals surface area contributed by atoms with Crippen molar-refractivity contribution in [3.8, 4) is 11.1 Å². The lowest BCUT2D eigenvalue weighted by atomic mass is 10.00. The van der Waals surface area contributed by atoms with Gasteiger partial charge in [0.15, 0.2) is 5.17 Å². The van der Waals surface area contributed by atoms with Gasteiger partial charge in [0.1, 0.15) is 0 Å². The van der Waals surface area contributed by atoms with Gasteiger partial charge in [-0.15, -0.1) is 0 Å².